The van der Waals surface area contributed by atoms with Gasteiger partial charge in [0.25, 0.3) is 5.91 Å². The van der Waals surface area contributed by atoms with Crippen molar-refractivity contribution in [3.05, 3.63) is 24.2 Å². The van der Waals surface area contributed by atoms with Crippen LogP contribution >= 0.6 is 0 Å². The predicted octanol–water partition coefficient (Wildman–Crippen LogP) is 2.50. The van der Waals surface area contributed by atoms with E-state index in [1.54, 1.807) is 12.5 Å². The number of carbonyl (C=O) groups excluding carboxylic acids is 1. The van der Waals surface area contributed by atoms with Crippen LogP contribution < -0.4 is 10.2 Å². The molecule has 2 saturated heterocycles. The lowest BCUT2D eigenvalue weighted by Gasteiger charge is -2.30. The monoisotopic (exact) mass is 342 g/mol. The van der Waals surface area contributed by atoms with Gasteiger partial charge in [0.1, 0.15) is 12.0 Å². The van der Waals surface area contributed by atoms with Crippen molar-refractivity contribution in [2.75, 3.05) is 37.6 Å². The second-order valence-electron chi connectivity index (χ2n) is 7.18. The van der Waals surface area contributed by atoms with Gasteiger partial charge in [-0.1, -0.05) is 0 Å². The molecule has 3 atom stereocenters. The lowest BCUT2D eigenvalue weighted by molar-refractivity contribution is 0.0904. The molecule has 0 spiro atoms. The minimum absolute atomic E-state index is 0.0823. The van der Waals surface area contributed by atoms with Gasteiger partial charge in [0, 0.05) is 37.6 Å². The minimum Gasteiger partial charge on any atom is -0.460 e. The van der Waals surface area contributed by atoms with Crippen LogP contribution in [0.3, 0.4) is 0 Å². The van der Waals surface area contributed by atoms with E-state index in [1.165, 1.54) is 19.5 Å². The summed E-state index contributed by atoms with van der Waals surface area (Å²) in [6.07, 6.45) is 5.76. The summed E-state index contributed by atoms with van der Waals surface area (Å²) >= 11 is 0. The number of amides is 1. The smallest absolute Gasteiger partial charge is 0.270 e. The van der Waals surface area contributed by atoms with Crippen molar-refractivity contribution >= 4 is 22.6 Å². The van der Waals surface area contributed by atoms with E-state index in [0.29, 0.717) is 5.69 Å². The van der Waals surface area contributed by atoms with Crippen LogP contribution in [0.25, 0.3) is 11.0 Å². The van der Waals surface area contributed by atoms with Crippen molar-refractivity contribution in [2.45, 2.75) is 32.7 Å². The number of piperidine rings is 1. The molecule has 2 aromatic heterocycles. The second-order valence-corrected chi connectivity index (χ2v) is 7.18. The molecular formula is C19H26N4O2. The predicted molar refractivity (Wildman–Crippen MR) is 98.0 cm³/mol. The maximum atomic E-state index is 12.7. The Bertz CT molecular complexity index is 756. The SMILES string of the molecule is CCN(CC)c1coc2cnc(C(=O)N[C@@H]3C[C@@H]4CCN(C4)C3)cc12. The van der Waals surface area contributed by atoms with Crippen LogP contribution in [0.5, 0.6) is 0 Å². The Morgan fingerprint density at radius 2 is 2.24 bits per heavy atom. The topological polar surface area (TPSA) is 61.6 Å². The van der Waals surface area contributed by atoms with Crippen LogP contribution in [0.2, 0.25) is 0 Å². The van der Waals surface area contributed by atoms with Gasteiger partial charge in [0.15, 0.2) is 5.58 Å². The normalized spacial score (nSPS) is 25.3. The summed E-state index contributed by atoms with van der Waals surface area (Å²) in [6, 6.07) is 2.09. The fourth-order valence-corrected chi connectivity index (χ4v) is 4.28. The van der Waals surface area contributed by atoms with E-state index in [9.17, 15) is 4.79 Å². The molecule has 2 aromatic rings. The number of nitrogens with one attached hydrogen (secondary N) is 1. The van der Waals surface area contributed by atoms with Crippen molar-refractivity contribution in [1.29, 1.82) is 0 Å². The summed E-state index contributed by atoms with van der Waals surface area (Å²) in [5.74, 6) is 0.652. The van der Waals surface area contributed by atoms with Crippen molar-refractivity contribution < 1.29 is 9.21 Å². The highest BCUT2D eigenvalue weighted by molar-refractivity contribution is 5.99. The first kappa shape index (κ1) is 16.4. The molecule has 2 bridgehead atoms. The summed E-state index contributed by atoms with van der Waals surface area (Å²) in [5.41, 5.74) is 2.22. The molecule has 1 amide bonds. The number of aromatic nitrogens is 1. The molecule has 2 aliphatic rings. The van der Waals surface area contributed by atoms with Crippen molar-refractivity contribution in [3.8, 4) is 0 Å². The molecule has 2 fully saturated rings. The third kappa shape index (κ3) is 3.11. The first-order valence-corrected chi connectivity index (χ1v) is 9.33. The molecule has 6 heteroatoms. The van der Waals surface area contributed by atoms with Gasteiger partial charge < -0.3 is 19.5 Å². The summed E-state index contributed by atoms with van der Waals surface area (Å²) in [4.78, 5) is 21.7. The molecule has 25 heavy (non-hydrogen) atoms. The number of hydrogen-bond donors (Lipinski definition) is 1. The molecule has 0 aliphatic carbocycles. The molecule has 2 aliphatic heterocycles. The van der Waals surface area contributed by atoms with E-state index in [-0.39, 0.29) is 11.9 Å². The zero-order valence-corrected chi connectivity index (χ0v) is 15.0. The maximum absolute atomic E-state index is 12.7. The van der Waals surface area contributed by atoms with Gasteiger partial charge in [-0.15, -0.1) is 0 Å². The summed E-state index contributed by atoms with van der Waals surface area (Å²) < 4.78 is 5.61. The number of anilines is 1. The van der Waals surface area contributed by atoms with Crippen LogP contribution in [0.1, 0.15) is 37.2 Å². The minimum atomic E-state index is -0.0823. The Labute approximate surface area is 148 Å². The average molecular weight is 342 g/mol. The van der Waals surface area contributed by atoms with Gasteiger partial charge in [0.05, 0.1) is 11.9 Å². The van der Waals surface area contributed by atoms with Crippen molar-refractivity contribution in [1.82, 2.24) is 15.2 Å². The van der Waals surface area contributed by atoms with Gasteiger partial charge in [-0.3, -0.25) is 4.79 Å². The Morgan fingerprint density at radius 3 is 3.00 bits per heavy atom. The van der Waals surface area contributed by atoms with E-state index in [4.69, 9.17) is 4.42 Å². The summed E-state index contributed by atoms with van der Waals surface area (Å²) in [6.45, 7) is 9.35. The zero-order valence-electron chi connectivity index (χ0n) is 15.0. The third-order valence-electron chi connectivity index (χ3n) is 5.58. The van der Waals surface area contributed by atoms with Crippen LogP contribution in [0.4, 0.5) is 5.69 Å². The largest absolute Gasteiger partial charge is 0.460 e. The number of rotatable bonds is 5. The molecule has 1 N–H and O–H groups in total. The molecule has 0 radical (unpaired) electrons. The highest BCUT2D eigenvalue weighted by atomic mass is 16.3. The number of fused-ring (bicyclic) bond motifs is 3. The Balaban J connectivity index is 1.54. The number of furan rings is 1. The summed E-state index contributed by atoms with van der Waals surface area (Å²) in [7, 11) is 0. The Kier molecular flexibility index (Phi) is 4.37. The molecule has 0 aromatic carbocycles. The molecule has 4 heterocycles. The van der Waals surface area contributed by atoms with E-state index in [2.05, 4.69) is 33.9 Å². The fraction of sp³-hybridized carbons (Fsp3) is 0.579. The van der Waals surface area contributed by atoms with Crippen molar-refractivity contribution in [3.63, 3.8) is 0 Å². The second kappa shape index (κ2) is 6.67. The van der Waals surface area contributed by atoms with E-state index in [0.717, 1.165) is 48.6 Å². The molecule has 1 unspecified atom stereocenters. The zero-order chi connectivity index (χ0) is 17.4. The number of hydrogen-bond acceptors (Lipinski definition) is 5. The van der Waals surface area contributed by atoms with Gasteiger partial charge >= 0.3 is 0 Å². The highest BCUT2D eigenvalue weighted by Gasteiger charge is 2.33. The highest BCUT2D eigenvalue weighted by Crippen LogP contribution is 2.30. The van der Waals surface area contributed by atoms with Gasteiger partial charge in [0.2, 0.25) is 0 Å². The van der Waals surface area contributed by atoms with E-state index in [1.807, 2.05) is 6.07 Å². The number of carbonyl (C=O) groups is 1. The first-order chi connectivity index (χ1) is 12.2. The van der Waals surface area contributed by atoms with Crippen LogP contribution in [0, 0.1) is 5.92 Å². The van der Waals surface area contributed by atoms with Gasteiger partial charge in [-0.05, 0) is 45.2 Å². The molecule has 134 valence electrons. The molecule has 6 nitrogen and oxygen atoms in total. The molecule has 0 saturated carbocycles. The fourth-order valence-electron chi connectivity index (χ4n) is 4.28. The maximum Gasteiger partial charge on any atom is 0.270 e. The van der Waals surface area contributed by atoms with Crippen LogP contribution in [0.15, 0.2) is 22.9 Å². The Morgan fingerprint density at radius 1 is 1.40 bits per heavy atom. The quantitative estimate of drug-likeness (QED) is 0.905. The van der Waals surface area contributed by atoms with E-state index >= 15 is 0 Å². The lowest BCUT2D eigenvalue weighted by Crippen LogP contribution is -2.47. The third-order valence-corrected chi connectivity index (χ3v) is 5.58. The van der Waals surface area contributed by atoms with Crippen LogP contribution in [-0.2, 0) is 0 Å². The summed E-state index contributed by atoms with van der Waals surface area (Å²) in [5, 5.41) is 4.14. The molecular weight excluding hydrogens is 316 g/mol. The van der Waals surface area contributed by atoms with Crippen molar-refractivity contribution in [2.24, 2.45) is 5.92 Å². The number of nitrogens with zero attached hydrogens (tertiary/aromatic N) is 3. The first-order valence-electron chi connectivity index (χ1n) is 9.33. The van der Waals surface area contributed by atoms with E-state index < -0.39 is 0 Å². The average Bonchev–Trinajstić information content (AvgIpc) is 3.19. The molecule has 4 rings (SSSR count). The Hall–Kier alpha value is -2.08. The number of pyridine rings is 1. The van der Waals surface area contributed by atoms with Crippen LogP contribution in [-0.4, -0.2) is 54.6 Å². The van der Waals surface area contributed by atoms with Gasteiger partial charge in [-0.2, -0.15) is 0 Å². The van der Waals surface area contributed by atoms with Gasteiger partial charge in [-0.25, -0.2) is 4.98 Å². The standard InChI is InChI=1S/C19H26N4O2/c1-3-23(4-2)17-12-25-18-9-20-16(8-15(17)18)19(24)21-14-7-13-5-6-22(10-13)11-14/h8-9,12-14H,3-7,10-11H2,1-2H3,(H,21,24)/t13-,14+/m0/s1. The lowest BCUT2D eigenvalue weighted by atomic mass is 9.97.